The fourth-order valence-corrected chi connectivity index (χ4v) is 4.31. The SMILES string of the molecule is CCCC(=O)Nc1cncc(-c2cnc3n[nH]c(-c4cc5c(-n6cnc(C)c6)ccnc5[nH]4)c3c2)c1. The molecule has 0 spiro atoms. The van der Waals surface area contributed by atoms with Gasteiger partial charge in [-0.05, 0) is 37.6 Å². The molecule has 6 rings (SSSR count). The van der Waals surface area contributed by atoms with Crippen molar-refractivity contribution in [2.45, 2.75) is 26.7 Å². The molecule has 0 atom stereocenters. The van der Waals surface area contributed by atoms with Crippen molar-refractivity contribution in [2.75, 3.05) is 5.32 Å². The number of hydrogen-bond acceptors (Lipinski definition) is 6. The summed E-state index contributed by atoms with van der Waals surface area (Å²) in [5, 5.41) is 12.2. The normalized spacial score (nSPS) is 11.4. The Morgan fingerprint density at radius 1 is 1.06 bits per heavy atom. The van der Waals surface area contributed by atoms with Gasteiger partial charge in [0.15, 0.2) is 5.65 Å². The molecule has 0 aromatic carbocycles. The zero-order valence-electron chi connectivity index (χ0n) is 19.8. The lowest BCUT2D eigenvalue weighted by molar-refractivity contribution is -0.116. The van der Waals surface area contributed by atoms with Gasteiger partial charge in [0, 0.05) is 53.1 Å². The minimum Gasteiger partial charge on any atom is -0.338 e. The van der Waals surface area contributed by atoms with Gasteiger partial charge in [0.2, 0.25) is 5.91 Å². The quantitative estimate of drug-likeness (QED) is 0.316. The monoisotopic (exact) mass is 477 g/mol. The van der Waals surface area contributed by atoms with Crippen molar-refractivity contribution in [3.63, 3.8) is 0 Å². The predicted octanol–water partition coefficient (Wildman–Crippen LogP) is 4.80. The molecule has 6 aromatic rings. The summed E-state index contributed by atoms with van der Waals surface area (Å²) in [7, 11) is 0. The third kappa shape index (κ3) is 3.88. The van der Waals surface area contributed by atoms with Crippen molar-refractivity contribution < 1.29 is 4.79 Å². The van der Waals surface area contributed by atoms with E-state index in [2.05, 4.69) is 46.5 Å². The topological polar surface area (TPSA) is 130 Å². The minimum absolute atomic E-state index is 0.0280. The molecule has 0 radical (unpaired) electrons. The van der Waals surface area contributed by atoms with Gasteiger partial charge in [-0.25, -0.2) is 15.0 Å². The van der Waals surface area contributed by atoms with Crippen molar-refractivity contribution in [3.05, 3.63) is 67.3 Å². The molecule has 0 fully saturated rings. The number of fused-ring (bicyclic) bond motifs is 2. The molecule has 10 nitrogen and oxygen atoms in total. The number of rotatable bonds is 6. The molecule has 0 bridgehead atoms. The van der Waals surface area contributed by atoms with Crippen LogP contribution in [-0.2, 0) is 4.79 Å². The standard InChI is InChI=1S/C26H23N9O/c1-3-4-23(36)31-18-7-16(10-27-12-18)17-8-20-24(33-34-26(20)29-11-17)21-9-19-22(5-6-28-25(19)32-21)35-13-15(2)30-14-35/h5-14H,3-4H2,1-2H3,(H,28,32)(H,31,36)(H,29,33,34). The third-order valence-electron chi connectivity index (χ3n) is 6.01. The van der Waals surface area contributed by atoms with Crippen LogP contribution >= 0.6 is 0 Å². The van der Waals surface area contributed by atoms with E-state index in [9.17, 15) is 4.79 Å². The molecule has 6 heterocycles. The van der Waals surface area contributed by atoms with E-state index in [-0.39, 0.29) is 5.91 Å². The zero-order chi connectivity index (χ0) is 24.6. The summed E-state index contributed by atoms with van der Waals surface area (Å²) in [6.07, 6.45) is 12.0. The molecule has 0 saturated heterocycles. The van der Waals surface area contributed by atoms with E-state index in [1.807, 2.05) is 42.8 Å². The number of carbonyl (C=O) groups is 1. The van der Waals surface area contributed by atoms with Gasteiger partial charge < -0.3 is 14.9 Å². The van der Waals surface area contributed by atoms with E-state index < -0.39 is 0 Å². The van der Waals surface area contributed by atoms with Crippen molar-refractivity contribution in [3.8, 4) is 28.2 Å². The fraction of sp³-hybridized carbons (Fsp3) is 0.154. The number of aryl methyl sites for hydroxylation is 1. The Kier molecular flexibility index (Phi) is 5.25. The largest absolute Gasteiger partial charge is 0.338 e. The van der Waals surface area contributed by atoms with Crippen LogP contribution in [0.3, 0.4) is 0 Å². The first-order valence-electron chi connectivity index (χ1n) is 11.7. The molecule has 0 saturated carbocycles. The maximum atomic E-state index is 12.0. The number of H-pyrrole nitrogens is 2. The Morgan fingerprint density at radius 3 is 2.78 bits per heavy atom. The van der Waals surface area contributed by atoms with Gasteiger partial charge in [0.1, 0.15) is 5.65 Å². The smallest absolute Gasteiger partial charge is 0.224 e. The first-order valence-corrected chi connectivity index (χ1v) is 11.7. The van der Waals surface area contributed by atoms with Crippen LogP contribution in [0.4, 0.5) is 5.69 Å². The predicted molar refractivity (Wildman–Crippen MR) is 138 cm³/mol. The lowest BCUT2D eigenvalue weighted by Crippen LogP contribution is -2.10. The number of anilines is 1. The number of carbonyl (C=O) groups excluding carboxylic acids is 1. The number of hydrogen-bond donors (Lipinski definition) is 3. The Bertz CT molecular complexity index is 1730. The van der Waals surface area contributed by atoms with Gasteiger partial charge in [-0.1, -0.05) is 6.92 Å². The maximum Gasteiger partial charge on any atom is 0.224 e. The van der Waals surface area contributed by atoms with Crippen LogP contribution in [0.1, 0.15) is 25.5 Å². The Labute approximate surface area is 205 Å². The average molecular weight is 478 g/mol. The third-order valence-corrected chi connectivity index (χ3v) is 6.01. The van der Waals surface area contributed by atoms with Gasteiger partial charge in [0.05, 0.1) is 41.0 Å². The summed E-state index contributed by atoms with van der Waals surface area (Å²) < 4.78 is 1.99. The molecule has 0 unspecified atom stereocenters. The number of amides is 1. The second-order valence-corrected chi connectivity index (χ2v) is 8.65. The number of aromatic nitrogens is 8. The lowest BCUT2D eigenvalue weighted by atomic mass is 10.1. The number of aromatic amines is 2. The number of pyridine rings is 3. The molecule has 0 aliphatic heterocycles. The first kappa shape index (κ1) is 21.7. The van der Waals surface area contributed by atoms with Crippen molar-refractivity contribution in [1.29, 1.82) is 0 Å². The van der Waals surface area contributed by atoms with Crippen LogP contribution in [0.2, 0.25) is 0 Å². The molecular formula is C26H23N9O. The first-order chi connectivity index (χ1) is 17.6. The van der Waals surface area contributed by atoms with E-state index in [0.29, 0.717) is 17.8 Å². The fourth-order valence-electron chi connectivity index (χ4n) is 4.31. The molecular weight excluding hydrogens is 454 g/mol. The van der Waals surface area contributed by atoms with E-state index in [0.717, 1.165) is 56.7 Å². The van der Waals surface area contributed by atoms with Gasteiger partial charge in [0.25, 0.3) is 0 Å². The second kappa shape index (κ2) is 8.73. The van der Waals surface area contributed by atoms with Gasteiger partial charge in [-0.15, -0.1) is 0 Å². The van der Waals surface area contributed by atoms with Crippen LogP contribution in [0.15, 0.2) is 61.6 Å². The average Bonchev–Trinajstić information content (AvgIpc) is 3.61. The summed E-state index contributed by atoms with van der Waals surface area (Å²) in [4.78, 5) is 33.1. The van der Waals surface area contributed by atoms with E-state index in [4.69, 9.17) is 0 Å². The summed E-state index contributed by atoms with van der Waals surface area (Å²) in [6.45, 7) is 3.93. The number of imidazole rings is 1. The van der Waals surface area contributed by atoms with Crippen LogP contribution in [0.25, 0.3) is 50.3 Å². The molecule has 10 heteroatoms. The molecule has 36 heavy (non-hydrogen) atoms. The number of nitrogens with one attached hydrogen (secondary N) is 3. The van der Waals surface area contributed by atoms with Crippen molar-refractivity contribution in [2.24, 2.45) is 0 Å². The lowest BCUT2D eigenvalue weighted by Gasteiger charge is -2.07. The van der Waals surface area contributed by atoms with Gasteiger partial charge in [-0.2, -0.15) is 5.10 Å². The van der Waals surface area contributed by atoms with Gasteiger partial charge in [-0.3, -0.25) is 14.9 Å². The van der Waals surface area contributed by atoms with E-state index >= 15 is 0 Å². The molecule has 6 aromatic heterocycles. The second-order valence-electron chi connectivity index (χ2n) is 8.65. The van der Waals surface area contributed by atoms with E-state index in [1.165, 1.54) is 0 Å². The van der Waals surface area contributed by atoms with Crippen LogP contribution < -0.4 is 5.32 Å². The maximum absolute atomic E-state index is 12.0. The van der Waals surface area contributed by atoms with Crippen molar-refractivity contribution in [1.82, 2.24) is 39.7 Å². The van der Waals surface area contributed by atoms with Gasteiger partial charge >= 0.3 is 0 Å². The van der Waals surface area contributed by atoms with Crippen molar-refractivity contribution >= 4 is 33.7 Å². The highest BCUT2D eigenvalue weighted by atomic mass is 16.1. The van der Waals surface area contributed by atoms with Crippen LogP contribution in [0.5, 0.6) is 0 Å². The van der Waals surface area contributed by atoms with E-state index in [1.54, 1.807) is 31.1 Å². The summed E-state index contributed by atoms with van der Waals surface area (Å²) in [6, 6.07) is 7.94. The minimum atomic E-state index is -0.0280. The molecule has 1 amide bonds. The molecule has 3 N–H and O–H groups in total. The highest BCUT2D eigenvalue weighted by Crippen LogP contribution is 2.32. The highest BCUT2D eigenvalue weighted by Gasteiger charge is 2.15. The highest BCUT2D eigenvalue weighted by molar-refractivity contribution is 5.97. The van der Waals surface area contributed by atoms with Crippen LogP contribution in [-0.4, -0.2) is 45.6 Å². The summed E-state index contributed by atoms with van der Waals surface area (Å²) >= 11 is 0. The van der Waals surface area contributed by atoms with Crippen LogP contribution in [0, 0.1) is 6.92 Å². The summed E-state index contributed by atoms with van der Waals surface area (Å²) in [5.74, 6) is -0.0280. The summed E-state index contributed by atoms with van der Waals surface area (Å²) in [5.41, 5.74) is 7.33. The molecule has 0 aliphatic rings. The zero-order valence-corrected chi connectivity index (χ0v) is 19.8. The Hall–Kier alpha value is -4.86. The number of nitrogens with zero attached hydrogens (tertiary/aromatic N) is 6. The Balaban J connectivity index is 1.40. The molecule has 0 aliphatic carbocycles. The molecule has 178 valence electrons. The Morgan fingerprint density at radius 2 is 1.94 bits per heavy atom.